The molecule has 150 valence electrons. The molecule has 0 aliphatic carbocycles. The van der Waals surface area contributed by atoms with Crippen molar-refractivity contribution >= 4 is 34.1 Å². The van der Waals surface area contributed by atoms with Gasteiger partial charge in [0.2, 0.25) is 5.89 Å². The number of pyridine rings is 2. The molecule has 7 nitrogen and oxygen atoms in total. The van der Waals surface area contributed by atoms with Crippen LogP contribution in [-0.4, -0.2) is 20.9 Å². The third-order valence-corrected chi connectivity index (χ3v) is 4.63. The Morgan fingerprint density at radius 3 is 2.45 bits per heavy atom. The lowest BCUT2D eigenvalue weighted by atomic mass is 10.2. The summed E-state index contributed by atoms with van der Waals surface area (Å²) in [6, 6.07) is 20.4. The van der Waals surface area contributed by atoms with Gasteiger partial charge in [-0.3, -0.25) is 14.8 Å². The van der Waals surface area contributed by atoms with Crippen molar-refractivity contribution in [3.05, 3.63) is 97.1 Å². The maximum absolute atomic E-state index is 12.4. The van der Waals surface area contributed by atoms with Crippen LogP contribution in [0.15, 0.2) is 95.9 Å². The van der Waals surface area contributed by atoms with Crippen LogP contribution in [0.1, 0.15) is 10.4 Å². The molecule has 0 saturated heterocycles. The van der Waals surface area contributed by atoms with Gasteiger partial charge in [-0.05, 0) is 60.7 Å². The fraction of sp³-hybridized carbons (Fsp3) is 0. The molecule has 3 heterocycles. The van der Waals surface area contributed by atoms with Crippen molar-refractivity contribution in [2.45, 2.75) is 0 Å². The summed E-state index contributed by atoms with van der Waals surface area (Å²) in [7, 11) is 0. The van der Waals surface area contributed by atoms with Gasteiger partial charge in [-0.1, -0.05) is 6.07 Å². The van der Waals surface area contributed by atoms with E-state index in [0.717, 1.165) is 16.9 Å². The minimum Gasteiger partial charge on any atom is -0.436 e. The summed E-state index contributed by atoms with van der Waals surface area (Å²) in [6.07, 6.45) is 6.64. The van der Waals surface area contributed by atoms with Crippen LogP contribution in [0.25, 0.3) is 22.6 Å². The second-order valence-corrected chi connectivity index (χ2v) is 6.84. The zero-order valence-electron chi connectivity index (χ0n) is 16.3. The lowest BCUT2D eigenvalue weighted by molar-refractivity contribution is 0.102. The van der Waals surface area contributed by atoms with Gasteiger partial charge >= 0.3 is 0 Å². The molecule has 3 aromatic heterocycles. The van der Waals surface area contributed by atoms with Crippen LogP contribution < -0.4 is 10.6 Å². The Hall–Kier alpha value is -4.52. The number of nitrogens with zero attached hydrogens (tertiary/aromatic N) is 3. The zero-order chi connectivity index (χ0) is 21.0. The van der Waals surface area contributed by atoms with Gasteiger partial charge in [0.05, 0.1) is 17.4 Å². The van der Waals surface area contributed by atoms with E-state index < -0.39 is 0 Å². The average molecular weight is 407 g/mol. The molecule has 0 aliphatic rings. The first kappa shape index (κ1) is 18.5. The molecule has 0 fully saturated rings. The number of oxazole rings is 1. The number of carbonyl (C=O) groups is 1. The summed E-state index contributed by atoms with van der Waals surface area (Å²) in [4.78, 5) is 25.0. The lowest BCUT2D eigenvalue weighted by Crippen LogP contribution is -2.11. The monoisotopic (exact) mass is 407 g/mol. The molecular weight excluding hydrogens is 390 g/mol. The second kappa shape index (κ2) is 8.08. The number of nitrogens with one attached hydrogen (secondary N) is 2. The van der Waals surface area contributed by atoms with Crippen molar-refractivity contribution < 1.29 is 9.21 Å². The van der Waals surface area contributed by atoms with Crippen molar-refractivity contribution in [2.75, 3.05) is 10.6 Å². The van der Waals surface area contributed by atoms with E-state index in [-0.39, 0.29) is 5.91 Å². The van der Waals surface area contributed by atoms with Gasteiger partial charge in [-0.2, -0.15) is 0 Å². The Bertz CT molecular complexity index is 1350. The number of rotatable bonds is 5. The van der Waals surface area contributed by atoms with Gasteiger partial charge in [-0.15, -0.1) is 0 Å². The predicted molar refractivity (Wildman–Crippen MR) is 119 cm³/mol. The Morgan fingerprint density at radius 2 is 1.65 bits per heavy atom. The number of fused-ring (bicyclic) bond motifs is 1. The SMILES string of the molecule is O=C(Nc1ccc2oc(-c3cccc(Nc4cccnc4)c3)nc2c1)c1cccnc1. The van der Waals surface area contributed by atoms with E-state index in [1.165, 1.54) is 6.20 Å². The van der Waals surface area contributed by atoms with Gasteiger partial charge < -0.3 is 15.1 Å². The quantitative estimate of drug-likeness (QED) is 0.412. The van der Waals surface area contributed by atoms with Crippen molar-refractivity contribution in [3.8, 4) is 11.5 Å². The largest absolute Gasteiger partial charge is 0.436 e. The molecule has 7 heteroatoms. The number of anilines is 3. The highest BCUT2D eigenvalue weighted by molar-refractivity contribution is 6.04. The summed E-state index contributed by atoms with van der Waals surface area (Å²) >= 11 is 0. The average Bonchev–Trinajstić information content (AvgIpc) is 3.24. The number of benzene rings is 2. The van der Waals surface area contributed by atoms with E-state index >= 15 is 0 Å². The molecule has 1 amide bonds. The maximum atomic E-state index is 12.4. The molecule has 0 atom stereocenters. The second-order valence-electron chi connectivity index (χ2n) is 6.84. The third-order valence-electron chi connectivity index (χ3n) is 4.63. The summed E-state index contributed by atoms with van der Waals surface area (Å²) in [5, 5.41) is 6.17. The van der Waals surface area contributed by atoms with Crippen molar-refractivity contribution in [1.29, 1.82) is 0 Å². The molecule has 0 unspecified atom stereocenters. The van der Waals surface area contributed by atoms with Crippen LogP contribution >= 0.6 is 0 Å². The molecule has 2 N–H and O–H groups in total. The molecule has 0 saturated carbocycles. The van der Waals surface area contributed by atoms with Gasteiger partial charge in [0, 0.05) is 35.5 Å². The van der Waals surface area contributed by atoms with Crippen LogP contribution in [-0.2, 0) is 0 Å². The Balaban J connectivity index is 1.39. The van der Waals surface area contributed by atoms with Crippen LogP contribution in [0.5, 0.6) is 0 Å². The number of hydrogen-bond acceptors (Lipinski definition) is 6. The molecule has 0 radical (unpaired) electrons. The molecule has 0 aliphatic heterocycles. The van der Waals surface area contributed by atoms with Crippen molar-refractivity contribution in [3.63, 3.8) is 0 Å². The van der Waals surface area contributed by atoms with Gasteiger partial charge in [0.25, 0.3) is 5.91 Å². The first-order chi connectivity index (χ1) is 15.2. The topological polar surface area (TPSA) is 92.9 Å². The van der Waals surface area contributed by atoms with Gasteiger partial charge in [0.1, 0.15) is 5.52 Å². The fourth-order valence-corrected chi connectivity index (χ4v) is 3.16. The highest BCUT2D eigenvalue weighted by atomic mass is 16.3. The highest BCUT2D eigenvalue weighted by Crippen LogP contribution is 2.28. The minimum atomic E-state index is -0.231. The lowest BCUT2D eigenvalue weighted by Gasteiger charge is -2.06. The van der Waals surface area contributed by atoms with Crippen LogP contribution in [0.2, 0.25) is 0 Å². The van der Waals surface area contributed by atoms with E-state index in [4.69, 9.17) is 4.42 Å². The summed E-state index contributed by atoms with van der Waals surface area (Å²) in [6.45, 7) is 0. The molecule has 2 aromatic carbocycles. The molecule has 31 heavy (non-hydrogen) atoms. The molecule has 0 bridgehead atoms. The number of amides is 1. The standard InChI is InChI=1S/C24H17N5O2/c30-23(17-5-2-10-25-14-17)28-19-8-9-22-21(13-19)29-24(31-22)16-4-1-6-18(12-16)27-20-7-3-11-26-15-20/h1-15,27H,(H,28,30). The van der Waals surface area contributed by atoms with E-state index in [2.05, 4.69) is 25.6 Å². The molecular formula is C24H17N5O2. The molecule has 5 rings (SSSR count). The number of aromatic nitrogens is 3. The normalized spacial score (nSPS) is 10.7. The highest BCUT2D eigenvalue weighted by Gasteiger charge is 2.11. The first-order valence-corrected chi connectivity index (χ1v) is 9.64. The maximum Gasteiger partial charge on any atom is 0.257 e. The van der Waals surface area contributed by atoms with Crippen molar-refractivity contribution in [2.24, 2.45) is 0 Å². The van der Waals surface area contributed by atoms with E-state index in [0.29, 0.717) is 28.2 Å². The minimum absolute atomic E-state index is 0.231. The Labute approximate surface area is 177 Å². The summed E-state index contributed by atoms with van der Waals surface area (Å²) < 4.78 is 5.93. The Kier molecular flexibility index (Phi) is 4.82. The van der Waals surface area contributed by atoms with E-state index in [9.17, 15) is 4.79 Å². The van der Waals surface area contributed by atoms with Crippen LogP contribution in [0, 0.1) is 0 Å². The molecule has 5 aromatic rings. The van der Waals surface area contributed by atoms with E-state index in [1.54, 1.807) is 48.9 Å². The van der Waals surface area contributed by atoms with Crippen LogP contribution in [0.4, 0.5) is 17.1 Å². The summed E-state index contributed by atoms with van der Waals surface area (Å²) in [5.41, 5.74) is 5.05. The van der Waals surface area contributed by atoms with Gasteiger partial charge in [-0.25, -0.2) is 4.98 Å². The third kappa shape index (κ3) is 4.11. The predicted octanol–water partition coefficient (Wildman–Crippen LogP) is 5.28. The van der Waals surface area contributed by atoms with Crippen molar-refractivity contribution in [1.82, 2.24) is 15.0 Å². The van der Waals surface area contributed by atoms with Gasteiger partial charge in [0.15, 0.2) is 5.58 Å². The Morgan fingerprint density at radius 1 is 0.806 bits per heavy atom. The summed E-state index contributed by atoms with van der Waals surface area (Å²) in [5.74, 6) is 0.269. The first-order valence-electron chi connectivity index (χ1n) is 9.64. The van der Waals surface area contributed by atoms with E-state index in [1.807, 2.05) is 36.4 Å². The zero-order valence-corrected chi connectivity index (χ0v) is 16.3. The number of carbonyl (C=O) groups excluding carboxylic acids is 1. The van der Waals surface area contributed by atoms with Crippen LogP contribution in [0.3, 0.4) is 0 Å². The fourth-order valence-electron chi connectivity index (χ4n) is 3.16. The number of hydrogen-bond donors (Lipinski definition) is 2. The molecule has 0 spiro atoms. The smallest absolute Gasteiger partial charge is 0.257 e.